The number of hydrogen-bond acceptors (Lipinski definition) is 10. The van der Waals surface area contributed by atoms with E-state index in [4.69, 9.17) is 14.4 Å². The molecular formula is C19H23N5O4S2. The number of thiol groups is 1. The third-order valence-corrected chi connectivity index (χ3v) is 4.62. The summed E-state index contributed by atoms with van der Waals surface area (Å²) >= 11 is 5.47. The van der Waals surface area contributed by atoms with Crippen LogP contribution in [-0.4, -0.2) is 46.4 Å². The van der Waals surface area contributed by atoms with Crippen molar-refractivity contribution in [3.05, 3.63) is 46.5 Å². The lowest BCUT2D eigenvalue weighted by Gasteiger charge is -2.18. The van der Waals surface area contributed by atoms with E-state index < -0.39 is 17.3 Å². The molecule has 9 nitrogen and oxygen atoms in total. The van der Waals surface area contributed by atoms with Crippen molar-refractivity contribution >= 4 is 47.2 Å². The van der Waals surface area contributed by atoms with Gasteiger partial charge in [-0.3, -0.25) is 5.32 Å². The van der Waals surface area contributed by atoms with Crippen LogP contribution in [0.5, 0.6) is 0 Å². The Labute approximate surface area is 184 Å². The van der Waals surface area contributed by atoms with Gasteiger partial charge in [-0.15, -0.1) is 24.0 Å². The Morgan fingerprint density at radius 3 is 2.77 bits per heavy atom. The lowest BCUT2D eigenvalue weighted by molar-refractivity contribution is -0.0681. The second-order valence-corrected chi connectivity index (χ2v) is 8.58. The molecule has 0 radical (unpaired) electrons. The van der Waals surface area contributed by atoms with Crippen LogP contribution < -0.4 is 5.32 Å². The summed E-state index contributed by atoms with van der Waals surface area (Å²) in [7, 11) is 1.78. The van der Waals surface area contributed by atoms with E-state index in [1.165, 1.54) is 11.3 Å². The molecule has 2 aromatic rings. The maximum Gasteiger partial charge on any atom is 0.413 e. The zero-order chi connectivity index (χ0) is 21.7. The zero-order valence-electron chi connectivity index (χ0n) is 17.0. The van der Waals surface area contributed by atoms with Crippen LogP contribution in [0.4, 0.5) is 9.93 Å². The number of hydrogen-bond donors (Lipinski definition) is 2. The molecule has 2 heterocycles. The van der Waals surface area contributed by atoms with E-state index >= 15 is 0 Å². The van der Waals surface area contributed by atoms with E-state index in [0.717, 1.165) is 11.1 Å². The number of nitrogens with zero attached hydrogens (tertiary/aromatic N) is 4. The van der Waals surface area contributed by atoms with Crippen LogP contribution in [0.15, 0.2) is 39.8 Å². The number of hydroxylamine groups is 2. The first kappa shape index (κ1) is 22.1. The molecule has 3 rings (SSSR count). The Morgan fingerprint density at radius 2 is 2.13 bits per heavy atom. The monoisotopic (exact) mass is 449 g/mol. The van der Waals surface area contributed by atoms with Gasteiger partial charge in [-0.25, -0.2) is 24.7 Å². The van der Waals surface area contributed by atoms with Gasteiger partial charge in [-0.2, -0.15) is 0 Å². The number of rotatable bonds is 6. The lowest BCUT2D eigenvalue weighted by atomic mass is 10.1. The maximum atomic E-state index is 11.8. The first-order chi connectivity index (χ1) is 14.2. The topological polar surface area (TPSA) is 97.6 Å². The fraction of sp³-hybridized carbons (Fsp3) is 0.368. The van der Waals surface area contributed by atoms with Gasteiger partial charge in [0.15, 0.2) is 17.6 Å². The van der Waals surface area contributed by atoms with Gasteiger partial charge in [0.2, 0.25) is 5.56 Å². The molecule has 1 aromatic carbocycles. The number of thiazole rings is 1. The molecule has 1 aliphatic rings. The molecule has 0 saturated heterocycles. The predicted octanol–water partition coefficient (Wildman–Crippen LogP) is 3.88. The maximum absolute atomic E-state index is 11.8. The van der Waals surface area contributed by atoms with Gasteiger partial charge in [0.05, 0.1) is 11.9 Å². The number of carbonyl (C=O) groups excluding carboxylic acids is 1. The van der Waals surface area contributed by atoms with Gasteiger partial charge in [-0.1, -0.05) is 29.4 Å². The lowest BCUT2D eigenvalue weighted by Crippen LogP contribution is -2.27. The van der Waals surface area contributed by atoms with Gasteiger partial charge in [0.25, 0.3) is 0 Å². The first-order valence-electron chi connectivity index (χ1n) is 9.06. The summed E-state index contributed by atoms with van der Waals surface area (Å²) in [6, 6.07) is 7.63. The molecule has 11 heteroatoms. The number of oxime groups is 1. The summed E-state index contributed by atoms with van der Waals surface area (Å²) in [5.74, 6) is 0.717. The highest BCUT2D eigenvalue weighted by Gasteiger charge is 2.21. The minimum absolute atomic E-state index is 0.184. The summed E-state index contributed by atoms with van der Waals surface area (Å²) in [5, 5.41) is 10.4. The van der Waals surface area contributed by atoms with Crippen LogP contribution in [0, 0.1) is 0 Å². The molecule has 30 heavy (non-hydrogen) atoms. The van der Waals surface area contributed by atoms with Crippen molar-refractivity contribution in [2.24, 2.45) is 10.1 Å². The van der Waals surface area contributed by atoms with Gasteiger partial charge >= 0.3 is 6.09 Å². The van der Waals surface area contributed by atoms with Gasteiger partial charge in [-0.05, 0) is 26.3 Å². The Hall–Kier alpha value is -2.63. The Kier molecular flexibility index (Phi) is 6.95. The van der Waals surface area contributed by atoms with Crippen molar-refractivity contribution in [2.75, 3.05) is 12.4 Å². The van der Waals surface area contributed by atoms with Crippen LogP contribution in [0.2, 0.25) is 0 Å². The van der Waals surface area contributed by atoms with Crippen molar-refractivity contribution in [3.63, 3.8) is 0 Å². The van der Waals surface area contributed by atoms with Crippen LogP contribution in [0.25, 0.3) is 0 Å². The smallest absolute Gasteiger partial charge is 0.413 e. The molecule has 0 aliphatic carbocycles. The van der Waals surface area contributed by atoms with Crippen molar-refractivity contribution in [1.82, 2.24) is 10.0 Å². The predicted molar refractivity (Wildman–Crippen MR) is 119 cm³/mol. The first-order valence-corrected chi connectivity index (χ1v) is 10.5. The van der Waals surface area contributed by atoms with Crippen LogP contribution in [0.1, 0.15) is 37.6 Å². The van der Waals surface area contributed by atoms with Crippen LogP contribution >= 0.6 is 24.0 Å². The minimum Gasteiger partial charge on any atom is -0.444 e. The largest absolute Gasteiger partial charge is 0.444 e. The van der Waals surface area contributed by atoms with E-state index in [1.807, 2.05) is 24.3 Å². The number of nitrogens with one attached hydrogen (secondary N) is 1. The van der Waals surface area contributed by atoms with Crippen LogP contribution in [-0.2, 0) is 21.0 Å². The molecule has 0 saturated carbocycles. The number of amides is 1. The Bertz CT molecular complexity index is 937. The molecule has 0 spiro atoms. The van der Waals surface area contributed by atoms with Crippen molar-refractivity contribution in [3.8, 4) is 0 Å². The fourth-order valence-electron chi connectivity index (χ4n) is 2.40. The van der Waals surface area contributed by atoms with Crippen molar-refractivity contribution in [2.45, 2.75) is 38.5 Å². The number of benzene rings is 1. The number of amidine groups is 1. The van der Waals surface area contributed by atoms with Crippen LogP contribution in [0.3, 0.4) is 0 Å². The minimum atomic E-state index is -0.566. The van der Waals surface area contributed by atoms with E-state index in [1.54, 1.807) is 44.5 Å². The van der Waals surface area contributed by atoms with E-state index in [-0.39, 0.29) is 6.61 Å². The molecule has 0 fully saturated rings. The number of anilines is 1. The second-order valence-electron chi connectivity index (χ2n) is 7.28. The second kappa shape index (κ2) is 9.45. The average Bonchev–Trinajstić information content (AvgIpc) is 3.23. The molecule has 1 atom stereocenters. The number of aromatic nitrogens is 1. The van der Waals surface area contributed by atoms with Gasteiger partial charge in [0, 0.05) is 18.0 Å². The molecule has 1 aliphatic heterocycles. The quantitative estimate of drug-likeness (QED) is 0.395. The fourth-order valence-corrected chi connectivity index (χ4v) is 3.33. The Balaban J connectivity index is 1.47. The SMILES string of the molecule is CN1OC(S)N=C1c1ccc(/C=N\OCc2csc(NC(=O)OC(C)(C)C)n2)cc1. The number of ether oxygens (including phenoxy) is 1. The molecule has 160 valence electrons. The Morgan fingerprint density at radius 1 is 1.40 bits per heavy atom. The van der Waals surface area contributed by atoms with Gasteiger partial charge < -0.3 is 9.57 Å². The van der Waals surface area contributed by atoms with Crippen molar-refractivity contribution in [1.29, 1.82) is 0 Å². The summed E-state index contributed by atoms with van der Waals surface area (Å²) in [6.07, 6.45) is 1.06. The van der Waals surface area contributed by atoms with Crippen molar-refractivity contribution < 1.29 is 19.2 Å². The van der Waals surface area contributed by atoms with E-state index in [0.29, 0.717) is 16.7 Å². The zero-order valence-corrected chi connectivity index (χ0v) is 18.7. The molecule has 1 N–H and O–H groups in total. The summed E-state index contributed by atoms with van der Waals surface area (Å²) in [5.41, 5.74) is 1.39. The highest BCUT2D eigenvalue weighted by Crippen LogP contribution is 2.19. The normalized spacial score (nSPS) is 16.6. The molecule has 1 aromatic heterocycles. The number of carbonyl (C=O) groups is 1. The highest BCUT2D eigenvalue weighted by molar-refractivity contribution is 7.80. The third-order valence-electron chi connectivity index (χ3n) is 3.60. The summed E-state index contributed by atoms with van der Waals surface area (Å²) < 4.78 is 5.19. The molecule has 1 unspecified atom stereocenters. The average molecular weight is 450 g/mol. The molecular weight excluding hydrogens is 426 g/mol. The number of aliphatic imine (C=N–C) groups is 1. The summed E-state index contributed by atoms with van der Waals surface area (Å²) in [6.45, 7) is 5.58. The molecule has 1 amide bonds. The van der Waals surface area contributed by atoms with E-state index in [9.17, 15) is 4.79 Å². The standard InChI is InChI=1S/C19H23N5O4S2/c1-19(2,3)27-17(25)23-16-21-14(11-30-16)10-26-20-9-12-5-7-13(8-6-12)15-22-18(29)28-24(15)4/h5-9,11,18,29H,10H2,1-4H3,(H,21,23,25)/b20-9-. The van der Waals surface area contributed by atoms with Gasteiger partial charge in [0.1, 0.15) is 5.60 Å². The highest BCUT2D eigenvalue weighted by atomic mass is 32.1. The molecule has 0 bridgehead atoms. The van der Waals surface area contributed by atoms with E-state index in [2.05, 4.69) is 33.1 Å². The summed E-state index contributed by atoms with van der Waals surface area (Å²) in [4.78, 5) is 30.9. The third kappa shape index (κ3) is 6.44.